The molecule has 4 bridgehead atoms. The lowest BCUT2D eigenvalue weighted by atomic mass is 9.39. The van der Waals surface area contributed by atoms with Gasteiger partial charge in [-0.15, -0.1) is 0 Å². The summed E-state index contributed by atoms with van der Waals surface area (Å²) in [6.07, 6.45) is 6.10. The minimum absolute atomic E-state index is 0.127. The molecule has 2 heterocycles. The fourth-order valence-corrected chi connectivity index (χ4v) is 7.03. The van der Waals surface area contributed by atoms with Crippen molar-refractivity contribution in [2.45, 2.75) is 57.3 Å². The lowest BCUT2D eigenvalue weighted by molar-refractivity contribution is -0.564. The molecule has 0 aromatic carbocycles. The Morgan fingerprint density at radius 3 is 2.88 bits per heavy atom. The number of ether oxygens (including phenoxy) is 2. The van der Waals surface area contributed by atoms with Gasteiger partial charge in [-0.2, -0.15) is 0 Å². The van der Waals surface area contributed by atoms with E-state index < -0.39 is 22.5 Å². The van der Waals surface area contributed by atoms with Crippen LogP contribution in [0.1, 0.15) is 39.5 Å². The molecule has 6 aliphatic rings. The summed E-state index contributed by atoms with van der Waals surface area (Å²) in [6, 6.07) is -0.704. The number of nitro groups is 1. The number of carbonyl (C=O) groups excluding carboxylic acids is 1. The van der Waals surface area contributed by atoms with Gasteiger partial charge in [-0.25, -0.2) is 0 Å². The second-order valence-electron chi connectivity index (χ2n) is 9.12. The van der Waals surface area contributed by atoms with Crippen LogP contribution in [0.25, 0.3) is 0 Å². The molecule has 6 heteroatoms. The highest BCUT2D eigenvalue weighted by Gasteiger charge is 2.85. The Labute approximate surface area is 140 Å². The van der Waals surface area contributed by atoms with Crippen molar-refractivity contribution in [3.05, 3.63) is 22.3 Å². The van der Waals surface area contributed by atoms with Gasteiger partial charge in [0.15, 0.2) is 0 Å². The summed E-state index contributed by atoms with van der Waals surface area (Å²) in [4.78, 5) is 24.6. The van der Waals surface area contributed by atoms with Crippen molar-refractivity contribution >= 4 is 5.78 Å². The summed E-state index contributed by atoms with van der Waals surface area (Å²) in [5, 5.41) is 12.0. The number of fused-ring (bicyclic) bond motifs is 2. The van der Waals surface area contributed by atoms with E-state index in [-0.39, 0.29) is 34.6 Å². The predicted octanol–water partition coefficient (Wildman–Crippen LogP) is 2.14. The van der Waals surface area contributed by atoms with Crippen LogP contribution in [0.15, 0.2) is 12.2 Å². The number of Topliss-reactive ketones (excluding diaryl/α,β-unsaturated/α-hetero) is 1. The van der Waals surface area contributed by atoms with Crippen LogP contribution in [0.3, 0.4) is 0 Å². The zero-order valence-corrected chi connectivity index (χ0v) is 14.1. The van der Waals surface area contributed by atoms with Crippen LogP contribution in [0.4, 0.5) is 0 Å². The van der Waals surface area contributed by atoms with Gasteiger partial charge < -0.3 is 9.47 Å². The molecule has 2 saturated heterocycles. The third-order valence-corrected chi connectivity index (χ3v) is 7.76. The Kier molecular flexibility index (Phi) is 2.57. The molecule has 0 amide bonds. The van der Waals surface area contributed by atoms with E-state index in [2.05, 4.69) is 26.0 Å². The Balaban J connectivity index is 1.79. The second-order valence-corrected chi connectivity index (χ2v) is 9.12. The molecule has 6 nitrogen and oxygen atoms in total. The Morgan fingerprint density at radius 2 is 2.12 bits per heavy atom. The van der Waals surface area contributed by atoms with Gasteiger partial charge >= 0.3 is 0 Å². The maximum atomic E-state index is 12.7. The fourth-order valence-electron chi connectivity index (χ4n) is 7.03. The third-order valence-electron chi connectivity index (χ3n) is 7.76. The van der Waals surface area contributed by atoms with Crippen molar-refractivity contribution in [3.63, 3.8) is 0 Å². The molecule has 5 fully saturated rings. The number of carbonyl (C=O) groups is 1. The summed E-state index contributed by atoms with van der Waals surface area (Å²) >= 11 is 0. The van der Waals surface area contributed by atoms with Gasteiger partial charge in [-0.1, -0.05) is 26.0 Å². The number of rotatable bonds is 1. The molecule has 2 aliphatic heterocycles. The number of nitrogens with zero attached hydrogens (tertiary/aromatic N) is 1. The van der Waals surface area contributed by atoms with Crippen LogP contribution in [-0.2, 0) is 14.3 Å². The second kappa shape index (κ2) is 4.10. The molecule has 24 heavy (non-hydrogen) atoms. The summed E-state index contributed by atoms with van der Waals surface area (Å²) in [6.45, 7) is 5.10. The Morgan fingerprint density at radius 1 is 1.33 bits per heavy atom. The smallest absolute Gasteiger partial charge is 0.223 e. The van der Waals surface area contributed by atoms with Crippen LogP contribution in [-0.4, -0.2) is 41.7 Å². The molecule has 6 rings (SSSR count). The molecule has 4 unspecified atom stereocenters. The molecule has 3 saturated carbocycles. The number of ketones is 1. The van der Waals surface area contributed by atoms with Gasteiger partial charge in [0.1, 0.15) is 11.4 Å². The average molecular weight is 333 g/mol. The van der Waals surface area contributed by atoms with Crippen molar-refractivity contribution < 1.29 is 19.2 Å². The molecule has 130 valence electrons. The van der Waals surface area contributed by atoms with E-state index in [0.717, 1.165) is 0 Å². The van der Waals surface area contributed by atoms with Gasteiger partial charge in [-0.3, -0.25) is 14.9 Å². The SMILES string of the molecule is CC1(C)C=CCC23COC[C@]4(CC5C[C@@H]([N+](=O)[O-])C24CC5=O)OC13. The molecule has 0 radical (unpaired) electrons. The van der Waals surface area contributed by atoms with Gasteiger partial charge in [0.05, 0.1) is 24.7 Å². The molecule has 6 atom stereocenters. The first kappa shape index (κ1) is 15.0. The highest BCUT2D eigenvalue weighted by molar-refractivity contribution is 5.85. The molecule has 0 aromatic heterocycles. The molecule has 4 aliphatic carbocycles. The molecule has 0 N–H and O–H groups in total. The largest absolute Gasteiger partial charge is 0.378 e. The van der Waals surface area contributed by atoms with E-state index in [9.17, 15) is 14.9 Å². The van der Waals surface area contributed by atoms with Crippen molar-refractivity contribution in [2.24, 2.45) is 22.2 Å². The van der Waals surface area contributed by atoms with Gasteiger partial charge in [0.2, 0.25) is 6.04 Å². The monoisotopic (exact) mass is 333 g/mol. The minimum Gasteiger partial charge on any atom is -0.378 e. The van der Waals surface area contributed by atoms with Crippen LogP contribution < -0.4 is 0 Å². The zero-order chi connectivity index (χ0) is 17.0. The van der Waals surface area contributed by atoms with Gasteiger partial charge in [-0.05, 0) is 12.8 Å². The quantitative estimate of drug-likeness (QED) is 0.417. The first-order chi connectivity index (χ1) is 11.3. The molecule has 2 spiro atoms. The van der Waals surface area contributed by atoms with E-state index in [0.29, 0.717) is 32.5 Å². The minimum atomic E-state index is -0.722. The summed E-state index contributed by atoms with van der Waals surface area (Å²) < 4.78 is 12.7. The van der Waals surface area contributed by atoms with E-state index in [4.69, 9.17) is 9.47 Å². The van der Waals surface area contributed by atoms with Crippen molar-refractivity contribution in [1.29, 1.82) is 0 Å². The number of allylic oxidation sites excluding steroid dienone is 1. The third kappa shape index (κ3) is 1.34. The van der Waals surface area contributed by atoms with Crippen molar-refractivity contribution in [1.82, 2.24) is 0 Å². The zero-order valence-electron chi connectivity index (χ0n) is 14.1. The topological polar surface area (TPSA) is 78.7 Å². The summed E-state index contributed by atoms with van der Waals surface area (Å²) in [5.41, 5.74) is -2.08. The predicted molar refractivity (Wildman–Crippen MR) is 84.0 cm³/mol. The highest BCUT2D eigenvalue weighted by atomic mass is 16.6. The van der Waals surface area contributed by atoms with E-state index in [1.54, 1.807) is 0 Å². The van der Waals surface area contributed by atoms with E-state index in [1.165, 1.54) is 0 Å². The molecule has 0 aromatic rings. The number of hydrogen-bond acceptors (Lipinski definition) is 5. The maximum absolute atomic E-state index is 12.7. The lowest BCUT2D eigenvalue weighted by Gasteiger charge is -2.62. The summed E-state index contributed by atoms with van der Waals surface area (Å²) in [5.74, 6) is -0.0566. The average Bonchev–Trinajstić information content (AvgIpc) is 2.63. The Hall–Kier alpha value is -1.27. The normalized spacial score (nSPS) is 53.6. The van der Waals surface area contributed by atoms with Crippen LogP contribution in [0, 0.1) is 32.3 Å². The standard InChI is InChI=1S/C18H23NO5/c1-15(2)4-3-5-16-9-23-10-17(24-14(15)16)7-11-6-13(19(21)22)18(16,17)8-12(11)20/h3-4,11,13-14H,5-10H2,1-2H3/t11?,13-,14?,16?,17+,18?/m1/s1. The van der Waals surface area contributed by atoms with E-state index >= 15 is 0 Å². The lowest BCUT2D eigenvalue weighted by Crippen LogP contribution is -2.74. The van der Waals surface area contributed by atoms with Gasteiger partial charge in [0.25, 0.3) is 0 Å². The van der Waals surface area contributed by atoms with Crippen molar-refractivity contribution in [3.8, 4) is 0 Å². The van der Waals surface area contributed by atoms with Crippen molar-refractivity contribution in [2.75, 3.05) is 13.2 Å². The first-order valence-corrected chi connectivity index (χ1v) is 8.88. The van der Waals surface area contributed by atoms with Crippen LogP contribution in [0.2, 0.25) is 0 Å². The summed E-state index contributed by atoms with van der Waals surface area (Å²) in [7, 11) is 0. The highest BCUT2D eigenvalue weighted by Crippen LogP contribution is 2.75. The molecular weight excluding hydrogens is 310 g/mol. The number of hydrogen-bond donors (Lipinski definition) is 0. The van der Waals surface area contributed by atoms with Gasteiger partial charge in [0, 0.05) is 34.5 Å². The fraction of sp³-hybridized carbons (Fsp3) is 0.833. The van der Waals surface area contributed by atoms with E-state index in [1.807, 2.05) is 0 Å². The molecular formula is C18H23NO5. The Bertz CT molecular complexity index is 687. The van der Waals surface area contributed by atoms with Crippen LogP contribution in [0.5, 0.6) is 0 Å². The first-order valence-electron chi connectivity index (χ1n) is 8.88. The maximum Gasteiger partial charge on any atom is 0.223 e. The van der Waals surface area contributed by atoms with Crippen LogP contribution >= 0.6 is 0 Å².